The van der Waals surface area contributed by atoms with Gasteiger partial charge in [0.25, 0.3) is 0 Å². The van der Waals surface area contributed by atoms with E-state index in [4.69, 9.17) is 5.11 Å². The Balaban J connectivity index is 2.46. The van der Waals surface area contributed by atoms with Gasteiger partial charge < -0.3 is 15.7 Å². The number of nitrogens with one attached hydrogen (secondary N) is 2. The molecule has 1 rings (SSSR count). The lowest BCUT2D eigenvalue weighted by molar-refractivity contribution is -0.117. The van der Waals surface area contributed by atoms with Gasteiger partial charge in [-0.1, -0.05) is 6.58 Å². The molecular weight excluding hydrogens is 184 g/mol. The molecule has 0 aromatic rings. The summed E-state index contributed by atoms with van der Waals surface area (Å²) in [7, 11) is 0. The highest BCUT2D eigenvalue weighted by Gasteiger charge is 2.28. The Bertz CT molecular complexity index is 252. The molecule has 0 aliphatic heterocycles. The van der Waals surface area contributed by atoms with Gasteiger partial charge in [0, 0.05) is 6.04 Å². The van der Waals surface area contributed by atoms with Crippen LogP contribution in [0.4, 0.5) is 4.79 Å². The van der Waals surface area contributed by atoms with Crippen molar-refractivity contribution in [3.63, 3.8) is 0 Å². The van der Waals surface area contributed by atoms with Crippen LogP contribution in [-0.4, -0.2) is 29.2 Å². The molecule has 78 valence electrons. The highest BCUT2D eigenvalue weighted by Crippen LogP contribution is 2.18. The van der Waals surface area contributed by atoms with Crippen molar-refractivity contribution in [1.29, 1.82) is 0 Å². The second kappa shape index (κ2) is 4.64. The first kappa shape index (κ1) is 10.6. The average Bonchev–Trinajstić information content (AvgIpc) is 2.52. The maximum atomic E-state index is 11.0. The highest BCUT2D eigenvalue weighted by atomic mass is 16.4. The van der Waals surface area contributed by atoms with E-state index in [9.17, 15) is 9.59 Å². The summed E-state index contributed by atoms with van der Waals surface area (Å²) >= 11 is 0. The summed E-state index contributed by atoms with van der Waals surface area (Å²) in [6.45, 7) is 3.34. The molecule has 3 N–H and O–H groups in total. The highest BCUT2D eigenvalue weighted by molar-refractivity contribution is 5.87. The fourth-order valence-corrected chi connectivity index (χ4v) is 1.71. The minimum absolute atomic E-state index is 0.100. The van der Waals surface area contributed by atoms with E-state index in [1.165, 1.54) is 6.08 Å². The molecular formula is C9H14N2O3. The standard InChI is InChI=1S/C9H14N2O3/c1-2-8(12)10-6-4-3-5-7(6)11-9(13)14/h2,6-7,11H,1,3-5H2,(H,10,12)(H,13,14)/t6-,7+/m0/s1. The first-order chi connectivity index (χ1) is 6.63. The van der Waals surface area contributed by atoms with Crippen LogP contribution < -0.4 is 10.6 Å². The summed E-state index contributed by atoms with van der Waals surface area (Å²) < 4.78 is 0. The van der Waals surface area contributed by atoms with Gasteiger partial charge in [0.2, 0.25) is 5.91 Å². The molecule has 5 nitrogen and oxygen atoms in total. The van der Waals surface area contributed by atoms with E-state index in [2.05, 4.69) is 17.2 Å². The first-order valence-electron chi connectivity index (χ1n) is 4.56. The van der Waals surface area contributed by atoms with E-state index in [0.717, 1.165) is 19.3 Å². The maximum Gasteiger partial charge on any atom is 0.404 e. The van der Waals surface area contributed by atoms with Crippen molar-refractivity contribution in [2.24, 2.45) is 0 Å². The Labute approximate surface area is 82.2 Å². The number of rotatable bonds is 3. The lowest BCUT2D eigenvalue weighted by Gasteiger charge is -2.19. The molecule has 2 amide bonds. The van der Waals surface area contributed by atoms with Gasteiger partial charge >= 0.3 is 6.09 Å². The monoisotopic (exact) mass is 198 g/mol. The average molecular weight is 198 g/mol. The van der Waals surface area contributed by atoms with Crippen LogP contribution in [0.2, 0.25) is 0 Å². The second-order valence-corrected chi connectivity index (χ2v) is 3.31. The second-order valence-electron chi connectivity index (χ2n) is 3.31. The SMILES string of the molecule is C=CC(=O)N[C@H]1CCC[C@H]1NC(=O)O. The van der Waals surface area contributed by atoms with E-state index in [1.807, 2.05) is 0 Å². The fraction of sp³-hybridized carbons (Fsp3) is 0.556. The molecule has 0 unspecified atom stereocenters. The van der Waals surface area contributed by atoms with Gasteiger partial charge in [-0.05, 0) is 25.3 Å². The number of amides is 2. The zero-order valence-corrected chi connectivity index (χ0v) is 7.82. The Kier molecular flexibility index (Phi) is 3.50. The predicted molar refractivity (Wildman–Crippen MR) is 50.9 cm³/mol. The summed E-state index contributed by atoms with van der Waals surface area (Å²) in [5, 5.41) is 13.6. The van der Waals surface area contributed by atoms with Crippen molar-refractivity contribution in [2.75, 3.05) is 0 Å². The zero-order chi connectivity index (χ0) is 10.6. The number of hydrogen-bond acceptors (Lipinski definition) is 2. The quantitative estimate of drug-likeness (QED) is 0.577. The third-order valence-electron chi connectivity index (χ3n) is 2.34. The lowest BCUT2D eigenvalue weighted by Crippen LogP contribution is -2.47. The predicted octanol–water partition coefficient (Wildman–Crippen LogP) is 0.477. The Morgan fingerprint density at radius 3 is 2.36 bits per heavy atom. The van der Waals surface area contributed by atoms with E-state index in [1.54, 1.807) is 0 Å². The van der Waals surface area contributed by atoms with Crippen LogP contribution in [0.5, 0.6) is 0 Å². The van der Waals surface area contributed by atoms with Crippen LogP contribution in [0.1, 0.15) is 19.3 Å². The number of hydrogen-bond donors (Lipinski definition) is 3. The zero-order valence-electron chi connectivity index (χ0n) is 7.82. The van der Waals surface area contributed by atoms with Gasteiger partial charge in [-0.15, -0.1) is 0 Å². The summed E-state index contributed by atoms with van der Waals surface area (Å²) in [4.78, 5) is 21.4. The number of carbonyl (C=O) groups excluding carboxylic acids is 1. The van der Waals surface area contributed by atoms with Crippen LogP contribution in [-0.2, 0) is 4.79 Å². The Morgan fingerprint density at radius 2 is 1.86 bits per heavy atom. The van der Waals surface area contributed by atoms with Crippen LogP contribution in [0.3, 0.4) is 0 Å². The van der Waals surface area contributed by atoms with Crippen molar-refractivity contribution in [3.8, 4) is 0 Å². The first-order valence-corrected chi connectivity index (χ1v) is 4.56. The van der Waals surface area contributed by atoms with Crippen LogP contribution in [0.15, 0.2) is 12.7 Å². The number of carbonyl (C=O) groups is 2. The molecule has 1 aliphatic carbocycles. The fourth-order valence-electron chi connectivity index (χ4n) is 1.71. The molecule has 0 spiro atoms. The van der Waals surface area contributed by atoms with Crippen molar-refractivity contribution in [2.45, 2.75) is 31.3 Å². The third-order valence-corrected chi connectivity index (χ3v) is 2.34. The summed E-state index contributed by atoms with van der Waals surface area (Å²) in [6.07, 6.45) is 2.65. The van der Waals surface area contributed by atoms with Gasteiger partial charge in [-0.2, -0.15) is 0 Å². The van der Waals surface area contributed by atoms with Crippen molar-refractivity contribution in [1.82, 2.24) is 10.6 Å². The van der Waals surface area contributed by atoms with E-state index in [-0.39, 0.29) is 18.0 Å². The molecule has 0 saturated heterocycles. The molecule has 2 atom stereocenters. The molecule has 14 heavy (non-hydrogen) atoms. The molecule has 0 bridgehead atoms. The van der Waals surface area contributed by atoms with Gasteiger partial charge in [-0.3, -0.25) is 4.79 Å². The normalized spacial score (nSPS) is 25.4. The summed E-state index contributed by atoms with van der Waals surface area (Å²) in [5.74, 6) is -0.255. The molecule has 0 radical (unpaired) electrons. The van der Waals surface area contributed by atoms with Gasteiger partial charge in [-0.25, -0.2) is 4.79 Å². The molecule has 1 saturated carbocycles. The molecule has 1 aliphatic rings. The molecule has 5 heteroatoms. The van der Waals surface area contributed by atoms with Gasteiger partial charge in [0.1, 0.15) is 0 Å². The van der Waals surface area contributed by atoms with E-state index < -0.39 is 6.09 Å². The van der Waals surface area contributed by atoms with Crippen LogP contribution >= 0.6 is 0 Å². The maximum absolute atomic E-state index is 11.0. The molecule has 0 heterocycles. The van der Waals surface area contributed by atoms with E-state index >= 15 is 0 Å². The molecule has 1 fully saturated rings. The summed E-state index contributed by atoms with van der Waals surface area (Å²) in [6, 6.07) is -0.270. The minimum atomic E-state index is -1.05. The largest absolute Gasteiger partial charge is 0.465 e. The number of carboxylic acid groups (broad SMARTS) is 1. The summed E-state index contributed by atoms with van der Waals surface area (Å²) in [5.41, 5.74) is 0. The smallest absolute Gasteiger partial charge is 0.404 e. The molecule has 0 aromatic heterocycles. The Morgan fingerprint density at radius 1 is 1.29 bits per heavy atom. The Hall–Kier alpha value is -1.52. The third kappa shape index (κ3) is 2.76. The van der Waals surface area contributed by atoms with Crippen LogP contribution in [0.25, 0.3) is 0 Å². The minimum Gasteiger partial charge on any atom is -0.465 e. The topological polar surface area (TPSA) is 78.4 Å². The van der Waals surface area contributed by atoms with Crippen molar-refractivity contribution >= 4 is 12.0 Å². The van der Waals surface area contributed by atoms with Crippen molar-refractivity contribution < 1.29 is 14.7 Å². The lowest BCUT2D eigenvalue weighted by atomic mass is 10.2. The van der Waals surface area contributed by atoms with Crippen molar-refractivity contribution in [3.05, 3.63) is 12.7 Å². The molecule has 0 aromatic carbocycles. The van der Waals surface area contributed by atoms with Gasteiger partial charge in [0.05, 0.1) is 6.04 Å². The van der Waals surface area contributed by atoms with E-state index in [0.29, 0.717) is 0 Å². The van der Waals surface area contributed by atoms with Crippen LogP contribution in [0, 0.1) is 0 Å². The van der Waals surface area contributed by atoms with Gasteiger partial charge in [0.15, 0.2) is 0 Å².